The molecule has 1 saturated heterocycles. The summed E-state index contributed by atoms with van der Waals surface area (Å²) < 4.78 is 27.8. The number of rotatable bonds is 6. The van der Waals surface area contributed by atoms with E-state index in [1.165, 1.54) is 11.1 Å². The second kappa shape index (κ2) is 10.1. The largest absolute Gasteiger partial charge is 0.462 e. The third-order valence-corrected chi connectivity index (χ3v) is 6.46. The average molecular weight is 518 g/mol. The van der Waals surface area contributed by atoms with Crippen LogP contribution in [0.2, 0.25) is 0 Å². The Kier molecular flexibility index (Phi) is 7.27. The number of aldehydes is 1. The number of carbonyl (C=O) groups is 3. The number of fused-ring (bicyclic) bond motifs is 1. The highest BCUT2D eigenvalue weighted by Gasteiger charge is 2.36. The highest BCUT2D eigenvalue weighted by atomic mass is 19.1. The lowest BCUT2D eigenvalue weighted by molar-refractivity contribution is 0.0196. The maximum absolute atomic E-state index is 15.7. The molecule has 1 saturated carbocycles. The topological polar surface area (TPSA) is 118 Å². The van der Waals surface area contributed by atoms with Crippen molar-refractivity contribution in [2.75, 3.05) is 37.7 Å². The van der Waals surface area contributed by atoms with Gasteiger partial charge in [-0.05, 0) is 46.6 Å². The third kappa shape index (κ3) is 5.18. The molecule has 2 heterocycles. The summed E-state index contributed by atoms with van der Waals surface area (Å²) in [6.07, 6.45) is 2.89. The molecule has 0 spiro atoms. The lowest BCUT2D eigenvalue weighted by Crippen LogP contribution is -2.57. The van der Waals surface area contributed by atoms with E-state index >= 15 is 4.39 Å². The maximum atomic E-state index is 15.7. The molecule has 0 bridgehead atoms. The Labute approximate surface area is 213 Å². The number of benzene rings is 1. The summed E-state index contributed by atoms with van der Waals surface area (Å²) in [5.41, 5.74) is -1.50. The number of aliphatic hydroxyl groups is 1. The van der Waals surface area contributed by atoms with Crippen molar-refractivity contribution in [2.45, 2.75) is 58.2 Å². The van der Waals surface area contributed by atoms with Gasteiger partial charge in [0.25, 0.3) is 0 Å². The fraction of sp³-hybridized carbons (Fsp3) is 0.538. The molecule has 1 aliphatic heterocycles. The molecule has 1 aromatic heterocycles. The fourth-order valence-corrected chi connectivity index (χ4v) is 4.70. The molecule has 1 atom stereocenters. The van der Waals surface area contributed by atoms with Crippen LogP contribution in [0.4, 0.5) is 14.9 Å². The van der Waals surface area contributed by atoms with Crippen LogP contribution in [0, 0.1) is 5.82 Å². The van der Waals surface area contributed by atoms with Gasteiger partial charge in [-0.25, -0.2) is 14.0 Å². The second-order valence-corrected chi connectivity index (χ2v) is 10.3. The summed E-state index contributed by atoms with van der Waals surface area (Å²) in [5, 5.41) is 10.0. The number of anilines is 1. The van der Waals surface area contributed by atoms with Gasteiger partial charge in [0.1, 0.15) is 17.0 Å². The first-order chi connectivity index (χ1) is 17.5. The zero-order chi connectivity index (χ0) is 27.1. The van der Waals surface area contributed by atoms with Crippen molar-refractivity contribution >= 4 is 34.9 Å². The average Bonchev–Trinajstić information content (AvgIpc) is 3.68. The van der Waals surface area contributed by atoms with Gasteiger partial charge in [0.05, 0.1) is 41.4 Å². The Morgan fingerprint density at radius 2 is 1.95 bits per heavy atom. The smallest absolute Gasteiger partial charge is 0.410 e. The first-order valence-corrected chi connectivity index (χ1v) is 12.4. The summed E-state index contributed by atoms with van der Waals surface area (Å²) in [6, 6.07) is 0.272. The monoisotopic (exact) mass is 517 g/mol. The molecule has 200 valence electrons. The van der Waals surface area contributed by atoms with Gasteiger partial charge in [-0.2, -0.15) is 0 Å². The number of carbonyl (C=O) groups excluding carboxylic acids is 3. The van der Waals surface area contributed by atoms with Crippen LogP contribution in [-0.4, -0.2) is 77.4 Å². The molecule has 0 radical (unpaired) electrons. The van der Waals surface area contributed by atoms with Gasteiger partial charge in [-0.3, -0.25) is 9.59 Å². The predicted molar refractivity (Wildman–Crippen MR) is 134 cm³/mol. The zero-order valence-corrected chi connectivity index (χ0v) is 21.5. The molecule has 11 heteroatoms. The first-order valence-electron chi connectivity index (χ1n) is 12.4. The van der Waals surface area contributed by atoms with Crippen molar-refractivity contribution in [3.63, 3.8) is 0 Å². The maximum Gasteiger partial charge on any atom is 0.410 e. The van der Waals surface area contributed by atoms with Crippen LogP contribution in [0.15, 0.2) is 17.1 Å². The number of esters is 1. The van der Waals surface area contributed by atoms with Gasteiger partial charge in [0.2, 0.25) is 5.43 Å². The van der Waals surface area contributed by atoms with Crippen molar-refractivity contribution in [1.82, 2.24) is 9.47 Å². The Morgan fingerprint density at radius 3 is 2.51 bits per heavy atom. The Morgan fingerprint density at radius 1 is 1.24 bits per heavy atom. The van der Waals surface area contributed by atoms with Gasteiger partial charge in [-0.1, -0.05) is 0 Å². The van der Waals surface area contributed by atoms with E-state index in [-0.39, 0.29) is 60.0 Å². The summed E-state index contributed by atoms with van der Waals surface area (Å²) in [4.78, 5) is 53.6. The normalized spacial score (nSPS) is 18.2. The Balaban J connectivity index is 1.81. The Bertz CT molecular complexity index is 1300. The van der Waals surface area contributed by atoms with Crippen molar-refractivity contribution < 1.29 is 33.4 Å². The number of amides is 1. The van der Waals surface area contributed by atoms with E-state index in [0.29, 0.717) is 6.29 Å². The van der Waals surface area contributed by atoms with Gasteiger partial charge >= 0.3 is 12.1 Å². The molecule has 1 aromatic carbocycles. The van der Waals surface area contributed by atoms with Crippen molar-refractivity contribution in [1.29, 1.82) is 0 Å². The number of ether oxygens (including phenoxy) is 2. The minimum Gasteiger partial charge on any atom is -0.462 e. The van der Waals surface area contributed by atoms with Crippen LogP contribution < -0.4 is 10.3 Å². The standard InChI is InChI=1S/C26H32FN3O7/c1-5-36-24(34)18-12-30(15-6-7-15)21-17(23(18)33)10-20(27)22(19(21)14-32)29-9-8-28(11-16(29)13-31)25(35)37-26(2,3)4/h10,12,14-16,31H,5-9,11,13H2,1-4H3. The van der Waals surface area contributed by atoms with Crippen LogP contribution in [-0.2, 0) is 9.47 Å². The molecular formula is C26H32FN3O7. The number of aliphatic hydroxyl groups excluding tert-OH is 1. The van der Waals surface area contributed by atoms with E-state index in [1.54, 1.807) is 37.2 Å². The molecule has 1 amide bonds. The van der Waals surface area contributed by atoms with E-state index in [9.17, 15) is 24.3 Å². The summed E-state index contributed by atoms with van der Waals surface area (Å²) in [7, 11) is 0. The van der Waals surface area contributed by atoms with Crippen molar-refractivity contribution in [2.24, 2.45) is 0 Å². The number of hydrogen-bond acceptors (Lipinski definition) is 8. The molecule has 2 fully saturated rings. The van der Waals surface area contributed by atoms with E-state index in [1.807, 2.05) is 0 Å². The molecule has 2 aromatic rings. The second-order valence-electron chi connectivity index (χ2n) is 10.3. The molecule has 1 N–H and O–H groups in total. The van der Waals surface area contributed by atoms with E-state index in [0.717, 1.165) is 18.9 Å². The van der Waals surface area contributed by atoms with E-state index in [2.05, 4.69) is 0 Å². The van der Waals surface area contributed by atoms with Gasteiger partial charge in [-0.15, -0.1) is 0 Å². The van der Waals surface area contributed by atoms with Crippen molar-refractivity contribution in [3.8, 4) is 0 Å². The number of pyridine rings is 1. The van der Waals surface area contributed by atoms with E-state index < -0.39 is 41.6 Å². The predicted octanol–water partition coefficient (Wildman–Crippen LogP) is 2.88. The van der Waals surface area contributed by atoms with Crippen LogP contribution in [0.3, 0.4) is 0 Å². The zero-order valence-electron chi connectivity index (χ0n) is 21.5. The number of nitrogens with zero attached hydrogens (tertiary/aromatic N) is 3. The van der Waals surface area contributed by atoms with Crippen molar-refractivity contribution in [3.05, 3.63) is 39.4 Å². The lowest BCUT2D eigenvalue weighted by Gasteiger charge is -2.42. The van der Waals surface area contributed by atoms with Gasteiger partial charge in [0, 0.05) is 31.9 Å². The number of hydrogen-bond donors (Lipinski definition) is 1. The minimum absolute atomic E-state index is 0.0430. The molecule has 1 unspecified atom stereocenters. The third-order valence-electron chi connectivity index (χ3n) is 6.46. The first kappa shape index (κ1) is 26.6. The van der Waals surface area contributed by atoms with Gasteiger partial charge < -0.3 is 28.9 Å². The molecule has 10 nitrogen and oxygen atoms in total. The van der Waals surface area contributed by atoms with Crippen LogP contribution in [0.5, 0.6) is 0 Å². The van der Waals surface area contributed by atoms with Crippen LogP contribution in [0.25, 0.3) is 10.9 Å². The summed E-state index contributed by atoms with van der Waals surface area (Å²) in [6.45, 7) is 6.89. The summed E-state index contributed by atoms with van der Waals surface area (Å²) >= 11 is 0. The molecule has 4 rings (SSSR count). The molecule has 2 aliphatic rings. The number of halogens is 1. The van der Waals surface area contributed by atoms with E-state index in [4.69, 9.17) is 9.47 Å². The van der Waals surface area contributed by atoms with Crippen LogP contribution in [0.1, 0.15) is 67.3 Å². The molecule has 37 heavy (non-hydrogen) atoms. The minimum atomic E-state index is -0.834. The number of aromatic nitrogens is 1. The molecular weight excluding hydrogens is 485 g/mol. The highest BCUT2D eigenvalue weighted by molar-refractivity contribution is 6.04. The lowest BCUT2D eigenvalue weighted by atomic mass is 10.0. The summed E-state index contributed by atoms with van der Waals surface area (Å²) in [5.74, 6) is -1.64. The highest BCUT2D eigenvalue weighted by Crippen LogP contribution is 2.40. The quantitative estimate of drug-likeness (QED) is 0.459. The number of piperazine rings is 1. The van der Waals surface area contributed by atoms with Gasteiger partial charge in [0.15, 0.2) is 6.29 Å². The SMILES string of the molecule is CCOC(=O)c1cn(C2CC2)c2c(C=O)c(N3CCN(C(=O)OC(C)(C)C)CC3CO)c(F)cc2c1=O. The Hall–Kier alpha value is -3.47. The fourth-order valence-electron chi connectivity index (χ4n) is 4.70. The molecule has 1 aliphatic carbocycles. The van der Waals surface area contributed by atoms with Crippen LogP contribution >= 0.6 is 0 Å².